The van der Waals surface area contributed by atoms with Crippen LogP contribution in [0.25, 0.3) is 0 Å². The van der Waals surface area contributed by atoms with Gasteiger partial charge in [-0.3, -0.25) is 9.89 Å². The van der Waals surface area contributed by atoms with Crippen molar-refractivity contribution in [1.82, 2.24) is 20.7 Å². The second-order valence-corrected chi connectivity index (χ2v) is 6.83. The number of nitrogens with zero attached hydrogens (tertiary/aromatic N) is 3. The summed E-state index contributed by atoms with van der Waals surface area (Å²) in [5.41, 5.74) is 2.18. The van der Waals surface area contributed by atoms with Crippen LogP contribution in [0.4, 0.5) is 0 Å². The molecule has 1 fully saturated rings. The number of hydrogen-bond acceptors (Lipinski definition) is 4. The molecule has 1 aromatic rings. The molecule has 1 saturated heterocycles. The molecule has 2 heterocycles. The minimum absolute atomic E-state index is 0.749. The van der Waals surface area contributed by atoms with E-state index in [4.69, 9.17) is 9.52 Å². The smallest absolute Gasteiger partial charge is 0.191 e. The molecule has 0 spiro atoms. The Labute approximate surface area is 152 Å². The Balaban J connectivity index is 1.79. The molecule has 25 heavy (non-hydrogen) atoms. The first-order valence-corrected chi connectivity index (χ1v) is 9.83. The highest BCUT2D eigenvalue weighted by molar-refractivity contribution is 5.79. The second-order valence-electron chi connectivity index (χ2n) is 6.83. The molecule has 0 saturated carbocycles. The van der Waals surface area contributed by atoms with Gasteiger partial charge in [-0.25, -0.2) is 0 Å². The van der Waals surface area contributed by atoms with Gasteiger partial charge < -0.3 is 15.2 Å². The van der Waals surface area contributed by atoms with E-state index in [0.29, 0.717) is 0 Å². The largest absolute Gasteiger partial charge is 0.361 e. The SMILES string of the molecule is CCNC(=NCCN1CCCCC1CC)NCCc1c(C)noc1C. The molecule has 0 bridgehead atoms. The third-order valence-electron chi connectivity index (χ3n) is 5.07. The monoisotopic (exact) mass is 349 g/mol. The lowest BCUT2D eigenvalue weighted by Crippen LogP contribution is -2.42. The van der Waals surface area contributed by atoms with Gasteiger partial charge in [-0.15, -0.1) is 0 Å². The lowest BCUT2D eigenvalue weighted by Gasteiger charge is -2.34. The van der Waals surface area contributed by atoms with Gasteiger partial charge in [0, 0.05) is 31.2 Å². The van der Waals surface area contributed by atoms with Crippen molar-refractivity contribution in [1.29, 1.82) is 0 Å². The maximum Gasteiger partial charge on any atom is 0.191 e. The van der Waals surface area contributed by atoms with E-state index < -0.39 is 0 Å². The predicted molar refractivity (Wildman–Crippen MR) is 103 cm³/mol. The number of nitrogens with one attached hydrogen (secondary N) is 2. The Morgan fingerprint density at radius 2 is 2.12 bits per heavy atom. The Kier molecular flexibility index (Phi) is 8.25. The molecule has 0 aliphatic carbocycles. The Morgan fingerprint density at radius 1 is 1.28 bits per heavy atom. The molecule has 0 radical (unpaired) electrons. The highest BCUT2D eigenvalue weighted by atomic mass is 16.5. The van der Waals surface area contributed by atoms with Crippen LogP contribution in [-0.2, 0) is 6.42 Å². The van der Waals surface area contributed by atoms with Crippen molar-refractivity contribution in [2.45, 2.75) is 65.8 Å². The van der Waals surface area contributed by atoms with E-state index in [-0.39, 0.29) is 0 Å². The maximum absolute atomic E-state index is 5.22. The van der Waals surface area contributed by atoms with Crippen molar-refractivity contribution in [2.24, 2.45) is 4.99 Å². The number of hydrogen-bond donors (Lipinski definition) is 2. The van der Waals surface area contributed by atoms with Crippen molar-refractivity contribution in [2.75, 3.05) is 32.7 Å². The fraction of sp³-hybridized carbons (Fsp3) is 0.789. The maximum atomic E-state index is 5.22. The molecule has 6 heteroatoms. The summed E-state index contributed by atoms with van der Waals surface area (Å²) >= 11 is 0. The molecule has 1 unspecified atom stereocenters. The number of likely N-dealkylation sites (tertiary alicyclic amines) is 1. The lowest BCUT2D eigenvalue weighted by molar-refractivity contribution is 0.148. The number of piperidine rings is 1. The Bertz CT molecular complexity index is 520. The number of aliphatic imine (C=N–C) groups is 1. The molecule has 0 aromatic carbocycles. The highest BCUT2D eigenvalue weighted by Crippen LogP contribution is 2.18. The van der Waals surface area contributed by atoms with E-state index in [9.17, 15) is 0 Å². The molecule has 0 amide bonds. The van der Waals surface area contributed by atoms with E-state index in [1.165, 1.54) is 37.8 Å². The highest BCUT2D eigenvalue weighted by Gasteiger charge is 2.19. The fourth-order valence-electron chi connectivity index (χ4n) is 3.61. The molecule has 1 atom stereocenters. The normalized spacial score (nSPS) is 19.2. The second kappa shape index (κ2) is 10.4. The molecule has 2 rings (SSSR count). The van der Waals surface area contributed by atoms with Crippen molar-refractivity contribution in [3.63, 3.8) is 0 Å². The summed E-state index contributed by atoms with van der Waals surface area (Å²) in [6.07, 6.45) is 6.20. The van der Waals surface area contributed by atoms with Crippen LogP contribution in [0.15, 0.2) is 9.52 Å². The predicted octanol–water partition coefficient (Wildman–Crippen LogP) is 2.65. The number of aryl methyl sites for hydroxylation is 2. The zero-order valence-electron chi connectivity index (χ0n) is 16.4. The van der Waals surface area contributed by atoms with Gasteiger partial charge >= 0.3 is 0 Å². The number of guanidine groups is 1. The molecule has 6 nitrogen and oxygen atoms in total. The third kappa shape index (κ3) is 6.03. The van der Waals surface area contributed by atoms with Gasteiger partial charge in [-0.1, -0.05) is 18.5 Å². The standard InChI is InChI=1S/C19H35N5O/c1-5-17-9-7-8-13-24(17)14-12-22-19(20-6-2)21-11-10-18-15(3)23-25-16(18)4/h17H,5-14H2,1-4H3,(H2,20,21,22). The van der Waals surface area contributed by atoms with Crippen molar-refractivity contribution in [3.05, 3.63) is 17.0 Å². The van der Waals surface area contributed by atoms with E-state index >= 15 is 0 Å². The fourth-order valence-corrected chi connectivity index (χ4v) is 3.61. The van der Waals surface area contributed by atoms with Crippen LogP contribution in [-0.4, -0.2) is 54.8 Å². The van der Waals surface area contributed by atoms with Gasteiger partial charge in [-0.05, 0) is 53.0 Å². The Morgan fingerprint density at radius 3 is 2.80 bits per heavy atom. The molecular weight excluding hydrogens is 314 g/mol. The van der Waals surface area contributed by atoms with Crippen LogP contribution in [0.3, 0.4) is 0 Å². The van der Waals surface area contributed by atoms with Crippen molar-refractivity contribution in [3.8, 4) is 0 Å². The van der Waals surface area contributed by atoms with Crippen LogP contribution in [0.5, 0.6) is 0 Å². The average Bonchev–Trinajstić information content (AvgIpc) is 2.94. The van der Waals surface area contributed by atoms with Gasteiger partial charge in [0.15, 0.2) is 5.96 Å². The number of rotatable bonds is 8. The molecule has 1 aliphatic heterocycles. The van der Waals surface area contributed by atoms with Crippen LogP contribution >= 0.6 is 0 Å². The average molecular weight is 350 g/mol. The lowest BCUT2D eigenvalue weighted by atomic mass is 10.0. The van der Waals surface area contributed by atoms with Crippen molar-refractivity contribution < 1.29 is 4.52 Å². The Hall–Kier alpha value is -1.56. The topological polar surface area (TPSA) is 65.7 Å². The van der Waals surface area contributed by atoms with E-state index in [2.05, 4.69) is 34.5 Å². The summed E-state index contributed by atoms with van der Waals surface area (Å²) < 4.78 is 5.22. The summed E-state index contributed by atoms with van der Waals surface area (Å²) in [5.74, 6) is 1.82. The van der Waals surface area contributed by atoms with Crippen molar-refractivity contribution >= 4 is 5.96 Å². The summed E-state index contributed by atoms with van der Waals surface area (Å²) in [5, 5.41) is 10.8. The van der Waals surface area contributed by atoms with Gasteiger partial charge in [0.2, 0.25) is 0 Å². The minimum Gasteiger partial charge on any atom is -0.361 e. The van der Waals surface area contributed by atoms with E-state index in [1.54, 1.807) is 0 Å². The zero-order chi connectivity index (χ0) is 18.1. The first-order chi connectivity index (χ1) is 12.2. The van der Waals surface area contributed by atoms with Crippen LogP contribution in [0.1, 0.15) is 56.5 Å². The molecule has 142 valence electrons. The molecular formula is C19H35N5O. The van der Waals surface area contributed by atoms with Crippen LogP contribution in [0, 0.1) is 13.8 Å². The van der Waals surface area contributed by atoms with Crippen LogP contribution < -0.4 is 10.6 Å². The van der Waals surface area contributed by atoms with Gasteiger partial charge in [0.25, 0.3) is 0 Å². The summed E-state index contributed by atoms with van der Waals surface area (Å²) in [4.78, 5) is 7.37. The molecule has 1 aliphatic rings. The van der Waals surface area contributed by atoms with E-state index in [0.717, 1.165) is 56.1 Å². The van der Waals surface area contributed by atoms with E-state index in [1.807, 2.05) is 13.8 Å². The first kappa shape index (κ1) is 19.8. The van der Waals surface area contributed by atoms with Gasteiger partial charge in [0.05, 0.1) is 12.2 Å². The van der Waals surface area contributed by atoms with Gasteiger partial charge in [-0.2, -0.15) is 0 Å². The minimum atomic E-state index is 0.749. The van der Waals surface area contributed by atoms with Crippen LogP contribution in [0.2, 0.25) is 0 Å². The number of aromatic nitrogens is 1. The summed E-state index contributed by atoms with van der Waals surface area (Å²) in [7, 11) is 0. The van der Waals surface area contributed by atoms with Gasteiger partial charge in [0.1, 0.15) is 5.76 Å². The quantitative estimate of drug-likeness (QED) is 0.558. The molecule has 2 N–H and O–H groups in total. The first-order valence-electron chi connectivity index (χ1n) is 9.83. The summed E-state index contributed by atoms with van der Waals surface area (Å²) in [6, 6.07) is 0.749. The summed E-state index contributed by atoms with van der Waals surface area (Å²) in [6.45, 7) is 13.2. The third-order valence-corrected chi connectivity index (χ3v) is 5.07. The zero-order valence-corrected chi connectivity index (χ0v) is 16.4. The molecule has 1 aromatic heterocycles.